The van der Waals surface area contributed by atoms with Crippen molar-refractivity contribution in [2.45, 2.75) is 18.9 Å². The van der Waals surface area contributed by atoms with Crippen molar-refractivity contribution < 1.29 is 4.79 Å². The predicted octanol–water partition coefficient (Wildman–Crippen LogP) is 1.45. The van der Waals surface area contributed by atoms with Crippen LogP contribution in [0, 0.1) is 0 Å². The standard InChI is InChI=1S/C11H14ClN3O/c1-15(7-11(16)14-9-3-4-9)10-5-2-8(12)6-13-10/h2,5-6,9H,3-4,7H2,1H3,(H,14,16). The number of pyridine rings is 1. The van der Waals surface area contributed by atoms with Gasteiger partial charge in [0, 0.05) is 19.3 Å². The fourth-order valence-electron chi connectivity index (χ4n) is 1.39. The summed E-state index contributed by atoms with van der Waals surface area (Å²) in [6.45, 7) is 0.325. The van der Waals surface area contributed by atoms with Crippen LogP contribution in [-0.4, -0.2) is 30.5 Å². The maximum Gasteiger partial charge on any atom is 0.239 e. The molecule has 1 amide bonds. The Morgan fingerprint density at radius 3 is 2.94 bits per heavy atom. The molecule has 1 aliphatic carbocycles. The van der Waals surface area contributed by atoms with Crippen molar-refractivity contribution in [3.05, 3.63) is 23.4 Å². The summed E-state index contributed by atoms with van der Waals surface area (Å²) in [6.07, 6.45) is 3.79. The molecule has 1 aromatic rings. The Kier molecular flexibility index (Phi) is 3.29. The van der Waals surface area contributed by atoms with E-state index >= 15 is 0 Å². The van der Waals surface area contributed by atoms with E-state index in [4.69, 9.17) is 11.6 Å². The van der Waals surface area contributed by atoms with Gasteiger partial charge in [-0.3, -0.25) is 4.79 Å². The minimum absolute atomic E-state index is 0.0433. The van der Waals surface area contributed by atoms with Gasteiger partial charge in [-0.15, -0.1) is 0 Å². The zero-order valence-corrected chi connectivity index (χ0v) is 9.87. The lowest BCUT2D eigenvalue weighted by atomic mass is 10.4. The Balaban J connectivity index is 1.88. The van der Waals surface area contributed by atoms with Gasteiger partial charge in [-0.1, -0.05) is 11.6 Å². The first-order valence-corrected chi connectivity index (χ1v) is 5.65. The fourth-order valence-corrected chi connectivity index (χ4v) is 1.50. The molecular formula is C11H14ClN3O. The second-order valence-electron chi connectivity index (χ2n) is 4.03. The number of nitrogens with one attached hydrogen (secondary N) is 1. The predicted molar refractivity (Wildman–Crippen MR) is 63.7 cm³/mol. The second-order valence-corrected chi connectivity index (χ2v) is 4.47. The van der Waals surface area contributed by atoms with Gasteiger partial charge >= 0.3 is 0 Å². The van der Waals surface area contributed by atoms with E-state index in [9.17, 15) is 4.79 Å². The molecule has 0 atom stereocenters. The molecule has 0 radical (unpaired) electrons. The number of amides is 1. The topological polar surface area (TPSA) is 45.2 Å². The van der Waals surface area contributed by atoms with Crippen molar-refractivity contribution in [1.82, 2.24) is 10.3 Å². The summed E-state index contributed by atoms with van der Waals surface area (Å²) in [5.41, 5.74) is 0. The van der Waals surface area contributed by atoms with Crippen LogP contribution in [0.25, 0.3) is 0 Å². The Bertz CT molecular complexity index is 375. The molecule has 0 bridgehead atoms. The Hall–Kier alpha value is -1.29. The SMILES string of the molecule is CN(CC(=O)NC1CC1)c1ccc(Cl)cn1. The van der Waals surface area contributed by atoms with E-state index in [1.807, 2.05) is 7.05 Å². The number of carbonyl (C=O) groups is 1. The van der Waals surface area contributed by atoms with Gasteiger partial charge in [0.05, 0.1) is 11.6 Å². The second kappa shape index (κ2) is 4.70. The zero-order chi connectivity index (χ0) is 11.5. The summed E-state index contributed by atoms with van der Waals surface area (Å²) in [5, 5.41) is 3.53. The van der Waals surface area contributed by atoms with Gasteiger partial charge in [-0.05, 0) is 25.0 Å². The zero-order valence-electron chi connectivity index (χ0n) is 9.11. The molecule has 1 N–H and O–H groups in total. The average molecular weight is 240 g/mol. The van der Waals surface area contributed by atoms with E-state index in [0.29, 0.717) is 17.6 Å². The molecule has 4 nitrogen and oxygen atoms in total. The molecule has 0 unspecified atom stereocenters. The van der Waals surface area contributed by atoms with Crippen molar-refractivity contribution in [2.24, 2.45) is 0 Å². The van der Waals surface area contributed by atoms with Crippen molar-refractivity contribution in [1.29, 1.82) is 0 Å². The maximum atomic E-state index is 11.5. The monoisotopic (exact) mass is 239 g/mol. The lowest BCUT2D eigenvalue weighted by molar-refractivity contribution is -0.119. The quantitative estimate of drug-likeness (QED) is 0.865. The number of hydrogen-bond acceptors (Lipinski definition) is 3. The lowest BCUT2D eigenvalue weighted by Crippen LogP contribution is -2.36. The number of anilines is 1. The first-order chi connectivity index (χ1) is 7.65. The number of aromatic nitrogens is 1. The lowest BCUT2D eigenvalue weighted by Gasteiger charge is -2.17. The fraction of sp³-hybridized carbons (Fsp3) is 0.455. The Morgan fingerprint density at radius 2 is 2.38 bits per heavy atom. The summed E-state index contributed by atoms with van der Waals surface area (Å²) in [7, 11) is 1.84. The number of hydrogen-bond donors (Lipinski definition) is 1. The number of carbonyl (C=O) groups excluding carboxylic acids is 1. The van der Waals surface area contributed by atoms with Crippen molar-refractivity contribution in [2.75, 3.05) is 18.5 Å². The van der Waals surface area contributed by atoms with Crippen LogP contribution < -0.4 is 10.2 Å². The van der Waals surface area contributed by atoms with E-state index < -0.39 is 0 Å². The summed E-state index contributed by atoms with van der Waals surface area (Å²) >= 11 is 5.74. The third-order valence-corrected chi connectivity index (χ3v) is 2.65. The number of nitrogens with zero attached hydrogens (tertiary/aromatic N) is 2. The van der Waals surface area contributed by atoms with E-state index in [1.54, 1.807) is 23.2 Å². The average Bonchev–Trinajstić information content (AvgIpc) is 3.02. The van der Waals surface area contributed by atoms with Gasteiger partial charge in [0.1, 0.15) is 5.82 Å². The molecule has 16 heavy (non-hydrogen) atoms. The van der Waals surface area contributed by atoms with Crippen LogP contribution in [0.3, 0.4) is 0 Å². The maximum absolute atomic E-state index is 11.5. The highest BCUT2D eigenvalue weighted by atomic mass is 35.5. The summed E-state index contributed by atoms with van der Waals surface area (Å²) in [5.74, 6) is 0.789. The smallest absolute Gasteiger partial charge is 0.239 e. The molecule has 0 aromatic carbocycles. The molecule has 5 heteroatoms. The van der Waals surface area contributed by atoms with E-state index in [0.717, 1.165) is 18.7 Å². The number of likely N-dealkylation sites (N-methyl/N-ethyl adjacent to an activating group) is 1. The van der Waals surface area contributed by atoms with Gasteiger partial charge in [0.15, 0.2) is 0 Å². The first-order valence-electron chi connectivity index (χ1n) is 5.27. The highest BCUT2D eigenvalue weighted by molar-refractivity contribution is 6.30. The molecule has 1 fully saturated rings. The van der Waals surface area contributed by atoms with Gasteiger partial charge in [0.2, 0.25) is 5.91 Å². The Labute approximate surface area is 99.6 Å². The molecule has 2 rings (SSSR count). The summed E-state index contributed by atoms with van der Waals surface area (Å²) < 4.78 is 0. The summed E-state index contributed by atoms with van der Waals surface area (Å²) in [4.78, 5) is 17.5. The molecule has 1 saturated carbocycles. The van der Waals surface area contributed by atoms with Gasteiger partial charge in [0.25, 0.3) is 0 Å². The molecule has 1 heterocycles. The molecular weight excluding hydrogens is 226 g/mol. The van der Waals surface area contributed by atoms with Gasteiger partial charge in [-0.25, -0.2) is 4.98 Å². The Morgan fingerprint density at radius 1 is 1.62 bits per heavy atom. The molecule has 1 aliphatic rings. The van der Waals surface area contributed by atoms with Crippen LogP contribution in [0.2, 0.25) is 5.02 Å². The largest absolute Gasteiger partial charge is 0.352 e. The molecule has 86 valence electrons. The first kappa shape index (κ1) is 11.2. The van der Waals surface area contributed by atoms with Crippen LogP contribution in [0.1, 0.15) is 12.8 Å². The van der Waals surface area contributed by atoms with Gasteiger partial charge in [-0.2, -0.15) is 0 Å². The van der Waals surface area contributed by atoms with E-state index in [2.05, 4.69) is 10.3 Å². The third-order valence-electron chi connectivity index (χ3n) is 2.43. The van der Waals surface area contributed by atoms with E-state index in [1.165, 1.54) is 0 Å². The highest BCUT2D eigenvalue weighted by Gasteiger charge is 2.23. The van der Waals surface area contributed by atoms with E-state index in [-0.39, 0.29) is 5.91 Å². The number of rotatable bonds is 4. The third kappa shape index (κ3) is 3.10. The molecule has 0 spiro atoms. The number of halogens is 1. The van der Waals surface area contributed by atoms with Crippen LogP contribution in [0.15, 0.2) is 18.3 Å². The highest BCUT2D eigenvalue weighted by Crippen LogP contribution is 2.18. The van der Waals surface area contributed by atoms with Crippen molar-refractivity contribution in [3.63, 3.8) is 0 Å². The molecule has 0 saturated heterocycles. The normalized spacial score (nSPS) is 14.6. The minimum Gasteiger partial charge on any atom is -0.352 e. The van der Waals surface area contributed by atoms with Crippen LogP contribution in [-0.2, 0) is 4.79 Å². The summed E-state index contributed by atoms with van der Waals surface area (Å²) in [6, 6.07) is 3.96. The van der Waals surface area contributed by atoms with Crippen LogP contribution in [0.5, 0.6) is 0 Å². The van der Waals surface area contributed by atoms with Crippen molar-refractivity contribution in [3.8, 4) is 0 Å². The minimum atomic E-state index is 0.0433. The van der Waals surface area contributed by atoms with Crippen LogP contribution in [0.4, 0.5) is 5.82 Å². The van der Waals surface area contributed by atoms with Crippen LogP contribution >= 0.6 is 11.6 Å². The van der Waals surface area contributed by atoms with Gasteiger partial charge < -0.3 is 10.2 Å². The molecule has 0 aliphatic heterocycles. The van der Waals surface area contributed by atoms with Crippen molar-refractivity contribution >= 4 is 23.3 Å². The molecule has 1 aromatic heterocycles.